The van der Waals surface area contributed by atoms with Crippen molar-refractivity contribution in [3.8, 4) is 0 Å². The quantitative estimate of drug-likeness (QED) is 0.789. The number of hydrogen-bond donors (Lipinski definition) is 2. The van der Waals surface area contributed by atoms with Crippen LogP contribution in [0, 0.1) is 6.92 Å². The lowest BCUT2D eigenvalue weighted by molar-refractivity contribution is -0.140. The van der Waals surface area contributed by atoms with Crippen molar-refractivity contribution in [3.63, 3.8) is 0 Å². The standard InChI is InChI=1S/C16H23N2O3/c1-2-15(18-8-10-21-11-9-18)17-14(16(19)20)12-13-6-4-3-5-7-13/h3-7,14-15,17H,1-2,8-12H2,(H,19,20)/t14-,15?/m1/s1. The van der Waals surface area contributed by atoms with E-state index in [1.807, 2.05) is 30.3 Å². The first-order valence-corrected chi connectivity index (χ1v) is 7.34. The van der Waals surface area contributed by atoms with E-state index in [0.717, 1.165) is 18.7 Å². The third-order valence-electron chi connectivity index (χ3n) is 3.73. The molecule has 115 valence electrons. The van der Waals surface area contributed by atoms with Gasteiger partial charge in [-0.3, -0.25) is 15.0 Å². The Morgan fingerprint density at radius 3 is 2.57 bits per heavy atom. The number of ether oxygens (including phenoxy) is 1. The second-order valence-corrected chi connectivity index (χ2v) is 5.20. The molecule has 1 aliphatic rings. The van der Waals surface area contributed by atoms with Gasteiger partial charge in [-0.1, -0.05) is 37.3 Å². The van der Waals surface area contributed by atoms with Gasteiger partial charge >= 0.3 is 5.97 Å². The van der Waals surface area contributed by atoms with Gasteiger partial charge in [-0.05, 0) is 18.4 Å². The first-order valence-electron chi connectivity index (χ1n) is 7.34. The van der Waals surface area contributed by atoms with Gasteiger partial charge in [0.15, 0.2) is 0 Å². The number of carboxylic acid groups (broad SMARTS) is 1. The highest BCUT2D eigenvalue weighted by atomic mass is 16.5. The number of carboxylic acids is 1. The van der Waals surface area contributed by atoms with Gasteiger partial charge in [-0.2, -0.15) is 0 Å². The number of aliphatic carboxylic acids is 1. The van der Waals surface area contributed by atoms with Gasteiger partial charge in [0, 0.05) is 13.1 Å². The summed E-state index contributed by atoms with van der Waals surface area (Å²) in [4.78, 5) is 13.7. The fraction of sp³-hybridized carbons (Fsp3) is 0.500. The smallest absolute Gasteiger partial charge is 0.321 e. The number of benzene rings is 1. The molecule has 1 radical (unpaired) electrons. The average Bonchev–Trinajstić information content (AvgIpc) is 2.53. The normalized spacial score (nSPS) is 19.1. The highest BCUT2D eigenvalue weighted by Gasteiger charge is 2.25. The van der Waals surface area contributed by atoms with Crippen LogP contribution in [-0.2, 0) is 16.0 Å². The molecule has 1 aromatic carbocycles. The highest BCUT2D eigenvalue weighted by molar-refractivity contribution is 5.74. The molecule has 1 heterocycles. The minimum Gasteiger partial charge on any atom is -0.480 e. The Kier molecular flexibility index (Phi) is 6.17. The molecule has 1 aliphatic heterocycles. The van der Waals surface area contributed by atoms with E-state index >= 15 is 0 Å². The summed E-state index contributed by atoms with van der Waals surface area (Å²) in [6, 6.07) is 9.07. The summed E-state index contributed by atoms with van der Waals surface area (Å²) in [5.74, 6) is -0.828. The molecule has 5 nitrogen and oxygen atoms in total. The van der Waals surface area contributed by atoms with Crippen molar-refractivity contribution in [2.75, 3.05) is 26.3 Å². The largest absolute Gasteiger partial charge is 0.480 e. The summed E-state index contributed by atoms with van der Waals surface area (Å²) < 4.78 is 5.34. The number of nitrogens with zero attached hydrogens (tertiary/aromatic N) is 1. The number of nitrogens with one attached hydrogen (secondary N) is 1. The Morgan fingerprint density at radius 1 is 1.33 bits per heavy atom. The Labute approximate surface area is 125 Å². The second-order valence-electron chi connectivity index (χ2n) is 5.20. The van der Waals surface area contributed by atoms with Gasteiger partial charge in [0.25, 0.3) is 0 Å². The monoisotopic (exact) mass is 291 g/mol. The third-order valence-corrected chi connectivity index (χ3v) is 3.73. The van der Waals surface area contributed by atoms with Crippen LogP contribution in [0.5, 0.6) is 0 Å². The van der Waals surface area contributed by atoms with Crippen LogP contribution in [0.3, 0.4) is 0 Å². The van der Waals surface area contributed by atoms with Crippen molar-refractivity contribution in [2.45, 2.75) is 25.0 Å². The maximum Gasteiger partial charge on any atom is 0.321 e. The zero-order chi connectivity index (χ0) is 15.1. The zero-order valence-corrected chi connectivity index (χ0v) is 12.2. The molecule has 2 rings (SSSR count). The molecule has 21 heavy (non-hydrogen) atoms. The van der Waals surface area contributed by atoms with Gasteiger partial charge in [0.05, 0.1) is 19.4 Å². The lowest BCUT2D eigenvalue weighted by atomic mass is 10.1. The van der Waals surface area contributed by atoms with E-state index in [0.29, 0.717) is 26.1 Å². The van der Waals surface area contributed by atoms with Crippen LogP contribution in [0.2, 0.25) is 0 Å². The summed E-state index contributed by atoms with van der Waals surface area (Å²) in [5.41, 5.74) is 1.02. The molecule has 1 fully saturated rings. The number of rotatable bonds is 7. The molecule has 5 heteroatoms. The van der Waals surface area contributed by atoms with E-state index in [1.165, 1.54) is 0 Å². The predicted molar refractivity (Wildman–Crippen MR) is 80.9 cm³/mol. The van der Waals surface area contributed by atoms with Gasteiger partial charge in [0.1, 0.15) is 6.04 Å². The van der Waals surface area contributed by atoms with E-state index < -0.39 is 12.0 Å². The van der Waals surface area contributed by atoms with E-state index in [2.05, 4.69) is 17.1 Å². The summed E-state index contributed by atoms with van der Waals surface area (Å²) in [6.45, 7) is 6.94. The van der Waals surface area contributed by atoms with Crippen molar-refractivity contribution in [1.29, 1.82) is 0 Å². The molecule has 1 aromatic rings. The number of hydrogen-bond acceptors (Lipinski definition) is 4. The molecule has 2 atom stereocenters. The Hall–Kier alpha value is -1.43. The first kappa shape index (κ1) is 15.9. The van der Waals surface area contributed by atoms with Crippen molar-refractivity contribution >= 4 is 5.97 Å². The van der Waals surface area contributed by atoms with Crippen molar-refractivity contribution < 1.29 is 14.6 Å². The predicted octanol–water partition coefficient (Wildman–Crippen LogP) is 1.15. The Balaban J connectivity index is 1.98. The maximum atomic E-state index is 11.5. The van der Waals surface area contributed by atoms with Crippen LogP contribution < -0.4 is 5.32 Å². The molecule has 0 aliphatic carbocycles. The van der Waals surface area contributed by atoms with E-state index in [-0.39, 0.29) is 6.17 Å². The van der Waals surface area contributed by atoms with Crippen LogP contribution in [0.25, 0.3) is 0 Å². The van der Waals surface area contributed by atoms with Gasteiger partial charge in [0.2, 0.25) is 0 Å². The number of carbonyl (C=O) groups is 1. The molecule has 0 amide bonds. The van der Waals surface area contributed by atoms with E-state index in [9.17, 15) is 9.90 Å². The molecular formula is C16H23N2O3. The minimum atomic E-state index is -0.828. The van der Waals surface area contributed by atoms with E-state index in [1.54, 1.807) is 0 Å². The lowest BCUT2D eigenvalue weighted by Crippen LogP contribution is -2.55. The van der Waals surface area contributed by atoms with Gasteiger partial charge in [-0.25, -0.2) is 0 Å². The highest BCUT2D eigenvalue weighted by Crippen LogP contribution is 2.09. The lowest BCUT2D eigenvalue weighted by Gasteiger charge is -2.36. The molecule has 2 N–H and O–H groups in total. The third kappa shape index (κ3) is 4.81. The van der Waals surface area contributed by atoms with Crippen LogP contribution in [0.1, 0.15) is 12.0 Å². The molecule has 0 bridgehead atoms. The van der Waals surface area contributed by atoms with Gasteiger partial charge in [-0.15, -0.1) is 0 Å². The maximum absolute atomic E-state index is 11.5. The molecule has 1 saturated heterocycles. The Morgan fingerprint density at radius 2 is 2.00 bits per heavy atom. The Bertz CT molecular complexity index is 432. The van der Waals surface area contributed by atoms with Crippen LogP contribution >= 0.6 is 0 Å². The van der Waals surface area contributed by atoms with Crippen molar-refractivity contribution in [1.82, 2.24) is 10.2 Å². The summed E-state index contributed by atoms with van der Waals surface area (Å²) in [7, 11) is 0. The summed E-state index contributed by atoms with van der Waals surface area (Å²) >= 11 is 0. The fourth-order valence-electron chi connectivity index (χ4n) is 2.56. The average molecular weight is 291 g/mol. The second kappa shape index (κ2) is 8.12. The zero-order valence-electron chi connectivity index (χ0n) is 12.2. The van der Waals surface area contributed by atoms with E-state index in [4.69, 9.17) is 4.74 Å². The van der Waals surface area contributed by atoms with Crippen LogP contribution in [0.4, 0.5) is 0 Å². The molecule has 0 spiro atoms. The minimum absolute atomic E-state index is 0.0290. The van der Waals surface area contributed by atoms with Crippen LogP contribution in [0.15, 0.2) is 30.3 Å². The summed E-state index contributed by atoms with van der Waals surface area (Å²) in [6.07, 6.45) is 1.06. The van der Waals surface area contributed by atoms with Crippen molar-refractivity contribution in [3.05, 3.63) is 42.8 Å². The topological polar surface area (TPSA) is 61.8 Å². The fourth-order valence-corrected chi connectivity index (χ4v) is 2.56. The molecule has 1 unspecified atom stereocenters. The molecular weight excluding hydrogens is 268 g/mol. The SMILES string of the molecule is [CH2]CC(N[C@H](Cc1ccccc1)C(=O)O)N1CCOCC1. The molecule has 0 aromatic heterocycles. The first-order chi connectivity index (χ1) is 10.2. The van der Waals surface area contributed by atoms with Crippen LogP contribution in [-0.4, -0.2) is 54.5 Å². The van der Waals surface area contributed by atoms with Crippen molar-refractivity contribution in [2.24, 2.45) is 0 Å². The molecule has 0 saturated carbocycles. The number of morpholine rings is 1. The summed E-state index contributed by atoms with van der Waals surface area (Å²) in [5, 5.41) is 12.7. The van der Waals surface area contributed by atoms with Gasteiger partial charge < -0.3 is 9.84 Å².